The number of hydrogen-bond acceptors (Lipinski definition) is 6. The maximum Gasteiger partial charge on any atom is 0.189 e. The fraction of sp³-hybridized carbons (Fsp3) is 0.478. The Balaban J connectivity index is 2.26. The second-order valence-corrected chi connectivity index (χ2v) is 8.13. The predicted octanol–water partition coefficient (Wildman–Crippen LogP) is 1.84. The van der Waals surface area contributed by atoms with Gasteiger partial charge < -0.3 is 19.8 Å². The van der Waals surface area contributed by atoms with E-state index in [1.807, 2.05) is 12.1 Å². The van der Waals surface area contributed by atoms with Crippen LogP contribution in [0.15, 0.2) is 29.8 Å². The van der Waals surface area contributed by atoms with Crippen LogP contribution in [-0.4, -0.2) is 39.1 Å². The highest BCUT2D eigenvalue weighted by atomic mass is 16.5. The summed E-state index contributed by atoms with van der Waals surface area (Å²) in [7, 11) is 3.08. The largest absolute Gasteiger partial charge is 0.493 e. The van der Waals surface area contributed by atoms with Crippen LogP contribution in [0.1, 0.15) is 25.3 Å². The molecular formula is C23H26N5O2+. The monoisotopic (exact) mass is 404 g/mol. The van der Waals surface area contributed by atoms with Gasteiger partial charge in [-0.25, -0.2) is 0 Å². The summed E-state index contributed by atoms with van der Waals surface area (Å²) in [4.78, 5) is 1.32. The van der Waals surface area contributed by atoms with Gasteiger partial charge in [-0.05, 0) is 43.2 Å². The molecule has 3 rings (SSSR count). The average molecular weight is 404 g/mol. The van der Waals surface area contributed by atoms with Crippen molar-refractivity contribution in [3.05, 3.63) is 35.4 Å². The maximum absolute atomic E-state index is 10.1. The molecule has 7 nitrogen and oxygen atoms in total. The van der Waals surface area contributed by atoms with E-state index in [2.05, 4.69) is 32.1 Å². The molecule has 7 heteroatoms. The number of nitriles is 3. The average Bonchev–Trinajstić information content (AvgIpc) is 2.77. The molecule has 0 spiro atoms. The number of hydrogen-bond donors (Lipinski definition) is 2. The van der Waals surface area contributed by atoms with Crippen LogP contribution in [0.4, 0.5) is 0 Å². The first kappa shape index (κ1) is 21.4. The molecule has 1 fully saturated rings. The Labute approximate surface area is 177 Å². The summed E-state index contributed by atoms with van der Waals surface area (Å²) in [5, 5.41) is 38.8. The lowest BCUT2D eigenvalue weighted by Crippen LogP contribution is -3.16. The van der Waals surface area contributed by atoms with Gasteiger partial charge in [0.05, 0.1) is 57.3 Å². The lowest BCUT2D eigenvalue weighted by atomic mass is 9.54. The van der Waals surface area contributed by atoms with Gasteiger partial charge in [-0.3, -0.25) is 0 Å². The Morgan fingerprint density at radius 1 is 1.13 bits per heavy atom. The highest BCUT2D eigenvalue weighted by Gasteiger charge is 2.58. The van der Waals surface area contributed by atoms with Crippen LogP contribution in [0.5, 0.6) is 11.5 Å². The van der Waals surface area contributed by atoms with Gasteiger partial charge in [0.25, 0.3) is 0 Å². The Bertz CT molecular complexity index is 994. The van der Waals surface area contributed by atoms with Gasteiger partial charge >= 0.3 is 0 Å². The molecule has 1 saturated carbocycles. The van der Waals surface area contributed by atoms with E-state index in [1.165, 1.54) is 12.0 Å². The van der Waals surface area contributed by atoms with Crippen molar-refractivity contribution >= 4 is 5.71 Å². The summed E-state index contributed by atoms with van der Waals surface area (Å²) < 4.78 is 10.8. The van der Waals surface area contributed by atoms with E-state index >= 15 is 0 Å². The number of rotatable bonds is 4. The first-order valence-corrected chi connectivity index (χ1v) is 9.95. The van der Waals surface area contributed by atoms with Gasteiger partial charge in [0.1, 0.15) is 5.92 Å². The molecular weight excluding hydrogens is 378 g/mol. The molecule has 1 aromatic rings. The number of nitrogens with one attached hydrogen (secondary N) is 2. The van der Waals surface area contributed by atoms with E-state index in [-0.39, 0.29) is 11.6 Å². The second-order valence-electron chi connectivity index (χ2n) is 8.13. The fourth-order valence-corrected chi connectivity index (χ4v) is 4.81. The summed E-state index contributed by atoms with van der Waals surface area (Å²) >= 11 is 0. The molecule has 30 heavy (non-hydrogen) atoms. The molecule has 1 heterocycles. The molecule has 0 bridgehead atoms. The van der Waals surface area contributed by atoms with Crippen LogP contribution in [0.3, 0.4) is 0 Å². The van der Waals surface area contributed by atoms with Crippen LogP contribution in [0.25, 0.3) is 0 Å². The van der Waals surface area contributed by atoms with Crippen molar-refractivity contribution in [3.8, 4) is 29.7 Å². The number of ether oxygens (including phenoxy) is 2. The minimum Gasteiger partial charge on any atom is -0.493 e. The lowest BCUT2D eigenvalue weighted by molar-refractivity contribution is -0.920. The molecule has 2 N–H and O–H groups in total. The molecule has 0 aromatic heterocycles. The first-order chi connectivity index (χ1) is 14.4. The third-order valence-corrected chi connectivity index (χ3v) is 6.49. The van der Waals surface area contributed by atoms with Crippen molar-refractivity contribution in [3.63, 3.8) is 0 Å². The molecule has 1 aliphatic heterocycles. The van der Waals surface area contributed by atoms with Crippen molar-refractivity contribution in [2.24, 2.45) is 17.3 Å². The highest BCUT2D eigenvalue weighted by Crippen LogP contribution is 2.53. The fourth-order valence-electron chi connectivity index (χ4n) is 4.81. The van der Waals surface area contributed by atoms with Crippen LogP contribution < -0.4 is 14.4 Å². The van der Waals surface area contributed by atoms with E-state index in [1.54, 1.807) is 19.2 Å². The van der Waals surface area contributed by atoms with Gasteiger partial charge in [0.15, 0.2) is 16.9 Å². The summed E-state index contributed by atoms with van der Waals surface area (Å²) in [6, 6.07) is 12.2. The lowest BCUT2D eigenvalue weighted by Gasteiger charge is -2.47. The van der Waals surface area contributed by atoms with E-state index in [9.17, 15) is 15.8 Å². The first-order valence-electron chi connectivity index (χ1n) is 9.95. The standard InChI is InChI=1S/C23H25N5O2/c1-14(2)28-8-7-16-17(10-24)22(27)23(12-25,13-26)21(18(16)11-28)15-5-6-19(29-3)20(9-15)30-4/h5-7,9,14,17-18,21,27H,8,11H2,1-4H3/p+1/t17?,18-,21+/m0/s1. The van der Waals surface area contributed by atoms with Crippen molar-refractivity contribution in [1.82, 2.24) is 0 Å². The van der Waals surface area contributed by atoms with Crippen molar-refractivity contribution in [2.75, 3.05) is 27.3 Å². The van der Waals surface area contributed by atoms with E-state index in [0.29, 0.717) is 24.1 Å². The molecule has 1 aromatic carbocycles. The van der Waals surface area contributed by atoms with Crippen molar-refractivity contribution in [2.45, 2.75) is 25.8 Å². The minimum absolute atomic E-state index is 0.134. The number of methoxy groups -OCH3 is 2. The normalized spacial score (nSPS) is 27.1. The summed E-state index contributed by atoms with van der Waals surface area (Å²) in [6.07, 6.45) is 2.04. The van der Waals surface area contributed by atoms with Gasteiger partial charge in [-0.1, -0.05) is 6.07 Å². The molecule has 0 saturated heterocycles. The zero-order chi connectivity index (χ0) is 22.1. The second kappa shape index (κ2) is 8.19. The molecule has 4 atom stereocenters. The van der Waals surface area contributed by atoms with Crippen LogP contribution in [0.2, 0.25) is 0 Å². The number of nitrogens with zero attached hydrogens (tertiary/aromatic N) is 3. The summed E-state index contributed by atoms with van der Waals surface area (Å²) in [5.74, 6) is -0.574. The SMILES string of the molecule is COc1ccc([C@@H]2[C@H]3C[NH+](C(C)C)CC=C3C(C#N)C(=N)C2(C#N)C#N)cc1OC. The van der Waals surface area contributed by atoms with Crippen LogP contribution in [-0.2, 0) is 0 Å². The van der Waals surface area contributed by atoms with Crippen LogP contribution >= 0.6 is 0 Å². The molecule has 0 radical (unpaired) electrons. The maximum atomic E-state index is 10.1. The summed E-state index contributed by atoms with van der Waals surface area (Å²) in [5.41, 5.74) is -0.266. The highest BCUT2D eigenvalue weighted by molar-refractivity contribution is 6.00. The quantitative estimate of drug-likeness (QED) is 0.743. The van der Waals surface area contributed by atoms with Crippen molar-refractivity contribution in [1.29, 1.82) is 21.2 Å². The summed E-state index contributed by atoms with van der Waals surface area (Å²) in [6.45, 7) is 5.72. The minimum atomic E-state index is -1.72. The van der Waals surface area contributed by atoms with Gasteiger partial charge in [0, 0.05) is 11.8 Å². The smallest absolute Gasteiger partial charge is 0.189 e. The predicted molar refractivity (Wildman–Crippen MR) is 110 cm³/mol. The molecule has 2 unspecified atom stereocenters. The molecule has 0 amide bonds. The van der Waals surface area contributed by atoms with Crippen LogP contribution in [0, 0.1) is 56.7 Å². The van der Waals surface area contributed by atoms with Gasteiger partial charge in [0.2, 0.25) is 0 Å². The zero-order valence-corrected chi connectivity index (χ0v) is 17.7. The van der Waals surface area contributed by atoms with E-state index < -0.39 is 17.3 Å². The Morgan fingerprint density at radius 3 is 2.33 bits per heavy atom. The van der Waals surface area contributed by atoms with E-state index in [4.69, 9.17) is 14.9 Å². The van der Waals surface area contributed by atoms with Crippen molar-refractivity contribution < 1.29 is 14.4 Å². The number of benzene rings is 1. The van der Waals surface area contributed by atoms with E-state index in [0.717, 1.165) is 17.7 Å². The zero-order valence-electron chi connectivity index (χ0n) is 17.7. The Kier molecular flexibility index (Phi) is 5.83. The topological polar surface area (TPSA) is 118 Å². The Hall–Kier alpha value is -3.34. The Morgan fingerprint density at radius 2 is 1.80 bits per heavy atom. The molecule has 1 aliphatic carbocycles. The van der Waals surface area contributed by atoms with Gasteiger partial charge in [-0.15, -0.1) is 0 Å². The third kappa shape index (κ3) is 3.11. The third-order valence-electron chi connectivity index (χ3n) is 6.49. The van der Waals surface area contributed by atoms with Gasteiger partial charge in [-0.2, -0.15) is 15.8 Å². The molecule has 2 aliphatic rings. The number of quaternary nitrogens is 1. The number of fused-ring (bicyclic) bond motifs is 1. The molecule has 154 valence electrons.